The summed E-state index contributed by atoms with van der Waals surface area (Å²) < 4.78 is 5.59. The predicted molar refractivity (Wildman–Crippen MR) is 77.4 cm³/mol. The summed E-state index contributed by atoms with van der Waals surface area (Å²) in [5.74, 6) is 6.42. The third-order valence-electron chi connectivity index (χ3n) is 3.14. The molecule has 0 unspecified atom stereocenters. The fraction of sp³-hybridized carbons (Fsp3) is 0.538. The first-order valence-corrected chi connectivity index (χ1v) is 6.87. The van der Waals surface area contributed by atoms with Gasteiger partial charge >= 0.3 is 0 Å². The Labute approximate surface area is 123 Å². The summed E-state index contributed by atoms with van der Waals surface area (Å²) in [5.41, 5.74) is 6.51. The van der Waals surface area contributed by atoms with E-state index in [9.17, 15) is 4.79 Å². The fourth-order valence-electron chi connectivity index (χ4n) is 2.17. The summed E-state index contributed by atoms with van der Waals surface area (Å²) in [6, 6.07) is 1.48. The summed E-state index contributed by atoms with van der Waals surface area (Å²) in [4.78, 5) is 18.9. The number of hydrogen-bond donors (Lipinski definition) is 2. The van der Waals surface area contributed by atoms with Crippen LogP contribution >= 0.6 is 0 Å². The van der Waals surface area contributed by atoms with E-state index in [4.69, 9.17) is 16.3 Å². The Balaban J connectivity index is 2.05. The van der Waals surface area contributed by atoms with Gasteiger partial charge in [0.1, 0.15) is 17.2 Å². The summed E-state index contributed by atoms with van der Waals surface area (Å²) in [6.07, 6.45) is 3.89. The zero-order valence-corrected chi connectivity index (χ0v) is 12.0. The minimum atomic E-state index is 0.0676. The maximum Gasteiger partial charge on any atom is 0.171 e. The van der Waals surface area contributed by atoms with Gasteiger partial charge in [0.25, 0.3) is 0 Å². The Bertz CT molecular complexity index is 527. The van der Waals surface area contributed by atoms with Gasteiger partial charge in [-0.05, 0) is 32.3 Å². The highest BCUT2D eigenvalue weighted by molar-refractivity contribution is 5.96. The van der Waals surface area contributed by atoms with Gasteiger partial charge in [0.15, 0.2) is 12.1 Å². The molecule has 0 saturated carbocycles. The lowest BCUT2D eigenvalue weighted by Crippen LogP contribution is -2.38. The molecule has 21 heavy (non-hydrogen) atoms. The molecule has 0 aliphatic carbocycles. The maximum absolute atomic E-state index is 10.8. The van der Waals surface area contributed by atoms with Crippen LogP contribution in [0.1, 0.15) is 41.3 Å². The van der Waals surface area contributed by atoms with Crippen LogP contribution in [0.15, 0.2) is 11.2 Å². The second-order valence-electron chi connectivity index (χ2n) is 4.94. The summed E-state index contributed by atoms with van der Waals surface area (Å²) in [5, 5.41) is 5.33. The maximum atomic E-state index is 10.8. The van der Waals surface area contributed by atoms with Gasteiger partial charge in [-0.25, -0.2) is 20.9 Å². The smallest absolute Gasteiger partial charge is 0.171 e. The van der Waals surface area contributed by atoms with Gasteiger partial charge in [-0.3, -0.25) is 4.79 Å². The first-order valence-electron chi connectivity index (χ1n) is 6.87. The van der Waals surface area contributed by atoms with Gasteiger partial charge in [-0.1, -0.05) is 0 Å². The SMILES string of the molecule is Cc1nc(C=O)cc(/C(N)=N/N(N)C[C@H]2CCCCO2)n1. The Morgan fingerprint density at radius 3 is 3.05 bits per heavy atom. The van der Waals surface area contributed by atoms with Crippen LogP contribution in [-0.2, 0) is 4.74 Å². The number of aryl methyl sites for hydroxylation is 1. The van der Waals surface area contributed by atoms with Gasteiger partial charge in [0, 0.05) is 6.61 Å². The molecule has 1 saturated heterocycles. The normalized spacial score (nSPS) is 19.3. The third-order valence-corrected chi connectivity index (χ3v) is 3.14. The predicted octanol–water partition coefficient (Wildman–Crippen LogP) is -0.0374. The lowest BCUT2D eigenvalue weighted by molar-refractivity contribution is -0.00546. The zero-order chi connectivity index (χ0) is 15.2. The molecule has 114 valence electrons. The van der Waals surface area contributed by atoms with Crippen LogP contribution in [0.5, 0.6) is 0 Å². The van der Waals surface area contributed by atoms with Crippen molar-refractivity contribution in [3.05, 3.63) is 23.3 Å². The van der Waals surface area contributed by atoms with Crippen LogP contribution < -0.4 is 11.6 Å². The molecule has 4 N–H and O–H groups in total. The number of ether oxygens (including phenoxy) is 1. The molecule has 0 spiro atoms. The number of nitrogens with zero attached hydrogens (tertiary/aromatic N) is 4. The number of amidine groups is 1. The molecule has 0 aromatic carbocycles. The highest BCUT2D eigenvalue weighted by Crippen LogP contribution is 2.13. The van der Waals surface area contributed by atoms with E-state index in [1.807, 2.05) is 0 Å². The Morgan fingerprint density at radius 1 is 1.57 bits per heavy atom. The second kappa shape index (κ2) is 7.09. The monoisotopic (exact) mass is 292 g/mol. The minimum absolute atomic E-state index is 0.0676. The highest BCUT2D eigenvalue weighted by atomic mass is 16.5. The lowest BCUT2D eigenvalue weighted by Gasteiger charge is -2.25. The number of hydrazine groups is 1. The number of rotatable bonds is 5. The molecular formula is C13H20N6O2. The van der Waals surface area contributed by atoms with E-state index in [0.717, 1.165) is 25.9 Å². The van der Waals surface area contributed by atoms with Gasteiger partial charge in [-0.15, -0.1) is 5.10 Å². The molecule has 1 aromatic heterocycles. The summed E-state index contributed by atoms with van der Waals surface area (Å²) in [7, 11) is 0. The topological polar surface area (TPSA) is 120 Å². The zero-order valence-electron chi connectivity index (χ0n) is 12.0. The van der Waals surface area contributed by atoms with Gasteiger partial charge in [-0.2, -0.15) is 0 Å². The number of nitrogens with two attached hydrogens (primary N) is 2. The molecule has 1 fully saturated rings. The molecular weight excluding hydrogens is 272 g/mol. The molecule has 0 radical (unpaired) electrons. The third kappa shape index (κ3) is 4.47. The van der Waals surface area contributed by atoms with E-state index in [1.165, 1.54) is 11.2 Å². The van der Waals surface area contributed by atoms with Crippen LogP contribution in [0.3, 0.4) is 0 Å². The van der Waals surface area contributed by atoms with Crippen molar-refractivity contribution in [2.24, 2.45) is 16.7 Å². The molecule has 2 heterocycles. The quantitative estimate of drug-likeness (QED) is 0.257. The van der Waals surface area contributed by atoms with E-state index < -0.39 is 0 Å². The number of aromatic nitrogens is 2. The van der Waals surface area contributed by atoms with Crippen molar-refractivity contribution in [2.45, 2.75) is 32.3 Å². The van der Waals surface area contributed by atoms with Crippen molar-refractivity contribution in [1.82, 2.24) is 15.1 Å². The van der Waals surface area contributed by atoms with Crippen molar-refractivity contribution in [3.8, 4) is 0 Å². The van der Waals surface area contributed by atoms with E-state index in [-0.39, 0.29) is 17.6 Å². The molecule has 1 aliphatic heterocycles. The molecule has 0 bridgehead atoms. The molecule has 0 amide bonds. The van der Waals surface area contributed by atoms with E-state index in [1.54, 1.807) is 6.92 Å². The van der Waals surface area contributed by atoms with Crippen molar-refractivity contribution < 1.29 is 9.53 Å². The van der Waals surface area contributed by atoms with Crippen molar-refractivity contribution in [3.63, 3.8) is 0 Å². The Morgan fingerprint density at radius 2 is 2.38 bits per heavy atom. The average molecular weight is 292 g/mol. The number of carbonyl (C=O) groups is 1. The van der Waals surface area contributed by atoms with E-state index in [0.29, 0.717) is 24.3 Å². The first kappa shape index (κ1) is 15.3. The van der Waals surface area contributed by atoms with Crippen LogP contribution in [0.25, 0.3) is 0 Å². The van der Waals surface area contributed by atoms with Gasteiger partial charge in [0.2, 0.25) is 0 Å². The van der Waals surface area contributed by atoms with Crippen molar-refractivity contribution in [2.75, 3.05) is 13.2 Å². The second-order valence-corrected chi connectivity index (χ2v) is 4.94. The number of hydrazone groups is 1. The summed E-state index contributed by atoms with van der Waals surface area (Å²) in [6.45, 7) is 2.90. The van der Waals surface area contributed by atoms with Crippen LogP contribution in [0, 0.1) is 6.92 Å². The molecule has 1 aliphatic rings. The molecule has 1 atom stereocenters. The lowest BCUT2D eigenvalue weighted by atomic mass is 10.1. The Hall–Kier alpha value is -2.06. The largest absolute Gasteiger partial charge is 0.380 e. The van der Waals surface area contributed by atoms with E-state index >= 15 is 0 Å². The Kier molecular flexibility index (Phi) is 5.18. The molecule has 2 rings (SSSR count). The average Bonchev–Trinajstić information content (AvgIpc) is 2.47. The minimum Gasteiger partial charge on any atom is -0.380 e. The molecule has 1 aromatic rings. The highest BCUT2D eigenvalue weighted by Gasteiger charge is 2.16. The van der Waals surface area contributed by atoms with Crippen molar-refractivity contribution >= 4 is 12.1 Å². The summed E-state index contributed by atoms with van der Waals surface area (Å²) >= 11 is 0. The molecule has 8 heteroatoms. The first-order chi connectivity index (χ1) is 10.1. The van der Waals surface area contributed by atoms with Crippen LogP contribution in [0.4, 0.5) is 0 Å². The standard InChI is InChI=1S/C13H20N6O2/c1-9-16-10(8-20)6-12(17-9)13(14)18-19(15)7-11-4-2-3-5-21-11/h6,8,11H,2-5,7,15H2,1H3,(H2,14,18)/t11-/m1/s1. The number of carbonyl (C=O) groups excluding carboxylic acids is 1. The van der Waals surface area contributed by atoms with Gasteiger partial charge in [0.05, 0.1) is 12.6 Å². The van der Waals surface area contributed by atoms with Crippen LogP contribution in [0.2, 0.25) is 0 Å². The fourth-order valence-corrected chi connectivity index (χ4v) is 2.17. The van der Waals surface area contributed by atoms with Crippen LogP contribution in [-0.4, -0.2) is 46.5 Å². The van der Waals surface area contributed by atoms with Crippen molar-refractivity contribution in [1.29, 1.82) is 0 Å². The number of hydrogen-bond acceptors (Lipinski definition) is 7. The number of aldehydes is 1. The van der Waals surface area contributed by atoms with E-state index in [2.05, 4.69) is 15.1 Å². The molecule has 8 nitrogen and oxygen atoms in total. The van der Waals surface area contributed by atoms with Gasteiger partial charge < -0.3 is 10.5 Å².